The van der Waals surface area contributed by atoms with Crippen molar-refractivity contribution in [2.75, 3.05) is 4.90 Å². The van der Waals surface area contributed by atoms with Gasteiger partial charge in [0, 0.05) is 17.1 Å². The lowest BCUT2D eigenvalue weighted by atomic mass is 9.89. The number of hydrogen-bond donors (Lipinski definition) is 0. The van der Waals surface area contributed by atoms with Crippen molar-refractivity contribution in [2.24, 2.45) is 0 Å². The maximum absolute atomic E-state index is 5.08. The number of pyridine rings is 1. The highest BCUT2D eigenvalue weighted by Gasteiger charge is 2.38. The maximum Gasteiger partial charge on any atom is 0.102 e. The molecule has 4 heterocycles. The highest BCUT2D eigenvalue weighted by atomic mass is 15.3. The Labute approximate surface area is 180 Å². The van der Waals surface area contributed by atoms with Gasteiger partial charge in [0.1, 0.15) is 6.04 Å². The van der Waals surface area contributed by atoms with Gasteiger partial charge in [-0.05, 0) is 48.0 Å². The summed E-state index contributed by atoms with van der Waals surface area (Å²) >= 11 is 0. The lowest BCUT2D eigenvalue weighted by molar-refractivity contribution is 0.725. The summed E-state index contributed by atoms with van der Waals surface area (Å²) in [6.07, 6.45) is 4.42. The molecule has 0 spiro atoms. The minimum Gasteiger partial charge on any atom is -0.326 e. The summed E-state index contributed by atoms with van der Waals surface area (Å²) < 4.78 is 2.32. The third-order valence-electron chi connectivity index (χ3n) is 6.40. The molecule has 0 radical (unpaired) electrons. The number of aromatic nitrogens is 2. The van der Waals surface area contributed by atoms with Crippen LogP contribution in [-0.2, 0) is 0 Å². The van der Waals surface area contributed by atoms with Crippen molar-refractivity contribution >= 4 is 28.4 Å². The Morgan fingerprint density at radius 1 is 0.710 bits per heavy atom. The summed E-state index contributed by atoms with van der Waals surface area (Å²) in [7, 11) is 0. The number of anilines is 1. The van der Waals surface area contributed by atoms with Crippen molar-refractivity contribution in [1.29, 1.82) is 0 Å². The van der Waals surface area contributed by atoms with Crippen LogP contribution in [0.5, 0.6) is 0 Å². The summed E-state index contributed by atoms with van der Waals surface area (Å²) in [4.78, 5) is 7.57. The fourth-order valence-corrected chi connectivity index (χ4v) is 5.06. The van der Waals surface area contributed by atoms with Gasteiger partial charge in [-0.2, -0.15) is 0 Å². The number of rotatable bonds is 1. The van der Waals surface area contributed by atoms with Crippen LogP contribution >= 0.6 is 0 Å². The minimum absolute atomic E-state index is 0.0669. The van der Waals surface area contributed by atoms with Gasteiger partial charge < -0.3 is 9.47 Å². The lowest BCUT2D eigenvalue weighted by Gasteiger charge is -2.44. The van der Waals surface area contributed by atoms with Crippen molar-refractivity contribution in [3.05, 3.63) is 126 Å². The summed E-state index contributed by atoms with van der Waals surface area (Å²) in [6.45, 7) is 0. The molecule has 1 unspecified atom stereocenters. The maximum atomic E-state index is 5.08. The normalized spacial score (nSPS) is 16.2. The first kappa shape index (κ1) is 16.7. The van der Waals surface area contributed by atoms with E-state index < -0.39 is 0 Å². The van der Waals surface area contributed by atoms with Gasteiger partial charge in [0.25, 0.3) is 0 Å². The Morgan fingerprint density at radius 2 is 1.48 bits per heavy atom. The van der Waals surface area contributed by atoms with E-state index in [1.54, 1.807) is 0 Å². The van der Waals surface area contributed by atoms with Crippen molar-refractivity contribution in [3.8, 4) is 5.69 Å². The Morgan fingerprint density at radius 3 is 2.39 bits per heavy atom. The molecule has 0 fully saturated rings. The van der Waals surface area contributed by atoms with Gasteiger partial charge in [0.2, 0.25) is 0 Å². The van der Waals surface area contributed by atoms with E-state index in [0.717, 1.165) is 11.2 Å². The molecule has 3 aromatic carbocycles. The molecule has 0 bridgehead atoms. The van der Waals surface area contributed by atoms with Crippen LogP contribution < -0.4 is 4.90 Å². The Balaban J connectivity index is 1.60. The molecule has 3 heteroatoms. The van der Waals surface area contributed by atoms with Crippen LogP contribution in [-0.4, -0.2) is 9.55 Å². The number of fused-ring (bicyclic) bond motifs is 9. The van der Waals surface area contributed by atoms with Crippen LogP contribution in [0.15, 0.2) is 103 Å². The molecular weight excluding hydrogens is 378 g/mol. The highest BCUT2D eigenvalue weighted by molar-refractivity contribution is 5.97. The van der Waals surface area contributed by atoms with E-state index in [0.29, 0.717) is 0 Å². The molecule has 0 N–H and O–H groups in total. The molecule has 2 aliphatic heterocycles. The number of hydrogen-bond acceptors (Lipinski definition) is 2. The molecule has 7 rings (SSSR count). The molecule has 5 aromatic rings. The van der Waals surface area contributed by atoms with Crippen molar-refractivity contribution in [1.82, 2.24) is 9.55 Å². The van der Waals surface area contributed by atoms with E-state index in [2.05, 4.69) is 119 Å². The number of nitrogens with zero attached hydrogens (tertiary/aromatic N) is 3. The van der Waals surface area contributed by atoms with Crippen LogP contribution in [0.4, 0.5) is 5.69 Å². The predicted molar refractivity (Wildman–Crippen MR) is 126 cm³/mol. The molecule has 0 amide bonds. The fourth-order valence-electron chi connectivity index (χ4n) is 5.06. The van der Waals surface area contributed by atoms with Gasteiger partial charge >= 0.3 is 0 Å². The molecule has 2 aromatic heterocycles. The summed E-state index contributed by atoms with van der Waals surface area (Å²) in [6, 6.07) is 34.5. The van der Waals surface area contributed by atoms with Crippen LogP contribution in [0, 0.1) is 0 Å². The van der Waals surface area contributed by atoms with Crippen molar-refractivity contribution in [2.45, 2.75) is 6.04 Å². The molecule has 0 saturated carbocycles. The molecule has 0 aliphatic carbocycles. The molecule has 146 valence electrons. The van der Waals surface area contributed by atoms with E-state index in [-0.39, 0.29) is 6.04 Å². The zero-order valence-electron chi connectivity index (χ0n) is 16.8. The van der Waals surface area contributed by atoms with E-state index in [4.69, 9.17) is 4.98 Å². The number of para-hydroxylation sites is 3. The van der Waals surface area contributed by atoms with Crippen LogP contribution in [0.1, 0.15) is 28.6 Å². The molecule has 2 aliphatic rings. The molecule has 0 saturated heterocycles. The Bertz CT molecular complexity index is 1490. The van der Waals surface area contributed by atoms with Gasteiger partial charge in [0.05, 0.1) is 34.0 Å². The van der Waals surface area contributed by atoms with E-state index >= 15 is 0 Å². The van der Waals surface area contributed by atoms with Gasteiger partial charge in [-0.15, -0.1) is 0 Å². The molecule has 1 atom stereocenters. The fraction of sp³-hybridized carbons (Fsp3) is 0.0357. The summed E-state index contributed by atoms with van der Waals surface area (Å²) in [5.41, 5.74) is 9.38. The lowest BCUT2D eigenvalue weighted by Crippen LogP contribution is -2.36. The first-order chi connectivity index (χ1) is 15.4. The van der Waals surface area contributed by atoms with Gasteiger partial charge in [-0.25, -0.2) is 4.98 Å². The van der Waals surface area contributed by atoms with Gasteiger partial charge in [-0.3, -0.25) is 0 Å². The van der Waals surface area contributed by atoms with E-state index in [1.807, 2.05) is 0 Å². The second-order valence-electron chi connectivity index (χ2n) is 8.12. The SMILES string of the molecule is C1=C(c2ccccc2)N2c3ccccc3-n3cccc3C2c2cc3ccccc3nc21. The number of benzene rings is 3. The quantitative estimate of drug-likeness (QED) is 0.324. The Hall–Kier alpha value is -4.11. The van der Waals surface area contributed by atoms with Crippen LogP contribution in [0.2, 0.25) is 0 Å². The zero-order valence-corrected chi connectivity index (χ0v) is 16.8. The average Bonchev–Trinajstić information content (AvgIpc) is 3.33. The highest BCUT2D eigenvalue weighted by Crippen LogP contribution is 2.50. The smallest absolute Gasteiger partial charge is 0.102 e. The van der Waals surface area contributed by atoms with E-state index in [1.165, 1.54) is 39.3 Å². The first-order valence-corrected chi connectivity index (χ1v) is 10.6. The third kappa shape index (κ3) is 2.32. The van der Waals surface area contributed by atoms with Crippen molar-refractivity contribution in [3.63, 3.8) is 0 Å². The van der Waals surface area contributed by atoms with Crippen LogP contribution in [0.3, 0.4) is 0 Å². The summed E-state index contributed by atoms with van der Waals surface area (Å²) in [5.74, 6) is 0. The summed E-state index contributed by atoms with van der Waals surface area (Å²) in [5, 5.41) is 1.18. The zero-order chi connectivity index (χ0) is 20.4. The van der Waals surface area contributed by atoms with E-state index in [9.17, 15) is 0 Å². The minimum atomic E-state index is 0.0669. The Kier molecular flexibility index (Phi) is 3.33. The van der Waals surface area contributed by atoms with Crippen molar-refractivity contribution < 1.29 is 0 Å². The second-order valence-corrected chi connectivity index (χ2v) is 8.12. The second kappa shape index (κ2) is 6.19. The topological polar surface area (TPSA) is 21.1 Å². The molecular formula is C28H19N3. The third-order valence-corrected chi connectivity index (χ3v) is 6.40. The average molecular weight is 397 g/mol. The van der Waals surface area contributed by atoms with Crippen LogP contribution in [0.25, 0.3) is 28.4 Å². The standard InChI is InChI=1S/C28H19N3/c1-2-9-19(10-3-1)27-18-23-21(17-20-11-4-5-12-22(20)29-23)28-26-15-8-16-30(26)24-13-6-7-14-25(24)31(27)28/h1-18,28H. The van der Waals surface area contributed by atoms with Gasteiger partial charge in [-0.1, -0.05) is 60.7 Å². The largest absolute Gasteiger partial charge is 0.326 e. The monoisotopic (exact) mass is 397 g/mol. The molecule has 31 heavy (non-hydrogen) atoms. The first-order valence-electron chi connectivity index (χ1n) is 10.6. The predicted octanol–water partition coefficient (Wildman–Crippen LogP) is 6.45. The molecule has 3 nitrogen and oxygen atoms in total. The van der Waals surface area contributed by atoms with Gasteiger partial charge in [0.15, 0.2) is 0 Å².